The highest BCUT2D eigenvalue weighted by Gasteiger charge is 2.11. The molecule has 6 nitrogen and oxygen atoms in total. The fourth-order valence-corrected chi connectivity index (χ4v) is 3.32. The largest absolute Gasteiger partial charge is 0.357 e. The van der Waals surface area contributed by atoms with E-state index in [0.29, 0.717) is 11.4 Å². The van der Waals surface area contributed by atoms with Crippen molar-refractivity contribution in [2.45, 2.75) is 51.6 Å². The van der Waals surface area contributed by atoms with Gasteiger partial charge in [0.1, 0.15) is 0 Å². The fraction of sp³-hybridized carbons (Fsp3) is 0.611. The third-order valence-corrected chi connectivity index (χ3v) is 4.73. The normalized spacial score (nSPS) is 12.5. The van der Waals surface area contributed by atoms with Crippen LogP contribution in [0, 0.1) is 6.92 Å². The number of hydrogen-bond donors (Lipinski definition) is 3. The van der Waals surface area contributed by atoms with E-state index in [4.69, 9.17) is 0 Å². The lowest BCUT2D eigenvalue weighted by atomic mass is 10.1. The van der Waals surface area contributed by atoms with Gasteiger partial charge in [0.2, 0.25) is 0 Å². The second-order valence-corrected chi connectivity index (χ2v) is 9.15. The molecule has 0 heterocycles. The Labute approximate surface area is 175 Å². The summed E-state index contributed by atoms with van der Waals surface area (Å²) >= 11 is 0. The molecule has 0 spiro atoms. The predicted octanol–water partition coefficient (Wildman–Crippen LogP) is 2.46. The molecule has 0 aliphatic heterocycles. The zero-order chi connectivity index (χ0) is 19.1. The summed E-state index contributed by atoms with van der Waals surface area (Å²) in [7, 11) is -3.18. The van der Waals surface area contributed by atoms with Gasteiger partial charge in [-0.3, -0.25) is 0 Å². The smallest absolute Gasteiger partial charge is 0.191 e. The van der Waals surface area contributed by atoms with Crippen LogP contribution >= 0.6 is 24.0 Å². The third-order valence-electron chi connectivity index (χ3n) is 3.48. The van der Waals surface area contributed by atoms with Crippen LogP contribution in [0.4, 0.5) is 0 Å². The first-order valence-corrected chi connectivity index (χ1v) is 10.5. The first kappa shape index (κ1) is 25.1. The summed E-state index contributed by atoms with van der Waals surface area (Å²) in [6, 6.07) is 5.35. The number of nitrogens with one attached hydrogen (secondary N) is 3. The topological polar surface area (TPSA) is 82.6 Å². The number of halogens is 1. The van der Waals surface area contributed by atoms with Crippen LogP contribution in [0.3, 0.4) is 0 Å². The minimum absolute atomic E-state index is 0. The van der Waals surface area contributed by atoms with E-state index in [9.17, 15) is 8.42 Å². The maximum absolute atomic E-state index is 11.7. The molecule has 8 heteroatoms. The highest BCUT2D eigenvalue weighted by atomic mass is 127. The molecule has 0 unspecified atom stereocenters. The molecule has 0 radical (unpaired) electrons. The molecule has 0 saturated heterocycles. The number of benzene rings is 1. The average molecular weight is 496 g/mol. The van der Waals surface area contributed by atoms with Crippen LogP contribution in [0.2, 0.25) is 0 Å². The van der Waals surface area contributed by atoms with E-state index in [1.54, 1.807) is 6.07 Å². The maximum atomic E-state index is 11.7. The molecule has 0 aliphatic carbocycles. The minimum atomic E-state index is -3.18. The van der Waals surface area contributed by atoms with Crippen molar-refractivity contribution >= 4 is 39.8 Å². The molecule has 0 aliphatic rings. The first-order valence-electron chi connectivity index (χ1n) is 8.59. The average Bonchev–Trinajstić information content (AvgIpc) is 2.46. The molecular weight excluding hydrogens is 463 g/mol. The monoisotopic (exact) mass is 496 g/mol. The number of aliphatic imine (C=N–C) groups is 1. The molecule has 3 N–H and O–H groups in total. The molecule has 26 heavy (non-hydrogen) atoms. The minimum Gasteiger partial charge on any atom is -0.357 e. The standard InChI is InChI=1S/C18H32N4O2S.HI/c1-7-19-17(20-10-11-22-18(3,4)5)21-13-15-8-9-16(14(2)12-15)25(6,23)24;/h8-9,12,22H,7,10-11,13H2,1-6H3,(H2,19,20,21);1H. The number of aryl methyl sites for hydroxylation is 1. The summed E-state index contributed by atoms with van der Waals surface area (Å²) in [5, 5.41) is 9.93. The van der Waals surface area contributed by atoms with E-state index in [1.165, 1.54) is 6.26 Å². The predicted molar refractivity (Wildman–Crippen MR) is 120 cm³/mol. The van der Waals surface area contributed by atoms with E-state index in [1.807, 2.05) is 26.0 Å². The van der Waals surface area contributed by atoms with Gasteiger partial charge in [0.25, 0.3) is 0 Å². The Bertz CT molecular complexity index is 698. The summed E-state index contributed by atoms with van der Waals surface area (Å²) in [6.07, 6.45) is 1.23. The van der Waals surface area contributed by atoms with Crippen LogP contribution in [-0.4, -0.2) is 45.8 Å². The molecule has 150 valence electrons. The van der Waals surface area contributed by atoms with Crippen LogP contribution in [0.25, 0.3) is 0 Å². The molecule has 1 aromatic rings. The molecule has 1 rings (SSSR count). The van der Waals surface area contributed by atoms with Gasteiger partial charge >= 0.3 is 0 Å². The van der Waals surface area contributed by atoms with Crippen LogP contribution in [0.5, 0.6) is 0 Å². The zero-order valence-corrected chi connectivity index (χ0v) is 19.8. The second kappa shape index (κ2) is 11.1. The molecule has 0 amide bonds. The van der Waals surface area contributed by atoms with Crippen molar-refractivity contribution in [1.29, 1.82) is 0 Å². The molecule has 0 saturated carbocycles. The number of guanidine groups is 1. The SMILES string of the molecule is CCNC(=NCc1ccc(S(C)(=O)=O)c(C)c1)NCCNC(C)(C)C.I. The Hall–Kier alpha value is -0.870. The van der Waals surface area contributed by atoms with Gasteiger partial charge in [-0.05, 0) is 51.8 Å². The molecule has 0 aromatic heterocycles. The second-order valence-electron chi connectivity index (χ2n) is 7.17. The van der Waals surface area contributed by atoms with E-state index in [-0.39, 0.29) is 29.5 Å². The van der Waals surface area contributed by atoms with Crippen molar-refractivity contribution in [1.82, 2.24) is 16.0 Å². The summed E-state index contributed by atoms with van der Waals surface area (Å²) in [5.41, 5.74) is 1.83. The summed E-state index contributed by atoms with van der Waals surface area (Å²) in [6.45, 7) is 13.1. The lowest BCUT2D eigenvalue weighted by molar-refractivity contribution is 0.428. The zero-order valence-electron chi connectivity index (χ0n) is 16.6. The van der Waals surface area contributed by atoms with Crippen molar-refractivity contribution in [3.05, 3.63) is 29.3 Å². The van der Waals surface area contributed by atoms with Gasteiger partial charge in [0.05, 0.1) is 11.4 Å². The van der Waals surface area contributed by atoms with Crippen molar-refractivity contribution in [3.8, 4) is 0 Å². The first-order chi connectivity index (χ1) is 11.5. The maximum Gasteiger partial charge on any atom is 0.191 e. The van der Waals surface area contributed by atoms with E-state index >= 15 is 0 Å². The molecular formula is C18H33IN4O2S. The van der Waals surface area contributed by atoms with Crippen LogP contribution in [-0.2, 0) is 16.4 Å². The van der Waals surface area contributed by atoms with Crippen molar-refractivity contribution < 1.29 is 8.42 Å². The quantitative estimate of drug-likeness (QED) is 0.234. The van der Waals surface area contributed by atoms with Gasteiger partial charge in [-0.25, -0.2) is 13.4 Å². The Morgan fingerprint density at radius 2 is 1.81 bits per heavy atom. The number of rotatable bonds is 7. The number of nitrogens with zero attached hydrogens (tertiary/aromatic N) is 1. The molecule has 0 fully saturated rings. The number of sulfone groups is 1. The highest BCUT2D eigenvalue weighted by Crippen LogP contribution is 2.17. The highest BCUT2D eigenvalue weighted by molar-refractivity contribution is 14.0. The summed E-state index contributed by atoms with van der Waals surface area (Å²) < 4.78 is 23.4. The number of hydrogen-bond acceptors (Lipinski definition) is 4. The summed E-state index contributed by atoms with van der Waals surface area (Å²) in [5.74, 6) is 0.753. The van der Waals surface area contributed by atoms with Crippen molar-refractivity contribution in [3.63, 3.8) is 0 Å². The van der Waals surface area contributed by atoms with Gasteiger partial charge in [0, 0.05) is 31.4 Å². The van der Waals surface area contributed by atoms with Gasteiger partial charge < -0.3 is 16.0 Å². The van der Waals surface area contributed by atoms with E-state index in [2.05, 4.69) is 41.7 Å². The van der Waals surface area contributed by atoms with E-state index in [0.717, 1.165) is 36.7 Å². The lowest BCUT2D eigenvalue weighted by Gasteiger charge is -2.21. The van der Waals surface area contributed by atoms with Gasteiger partial charge in [-0.2, -0.15) is 0 Å². The van der Waals surface area contributed by atoms with Crippen molar-refractivity contribution in [2.75, 3.05) is 25.9 Å². The van der Waals surface area contributed by atoms with Crippen LogP contribution < -0.4 is 16.0 Å². The van der Waals surface area contributed by atoms with Gasteiger partial charge in [-0.1, -0.05) is 12.1 Å². The fourth-order valence-electron chi connectivity index (χ4n) is 2.36. The molecule has 0 atom stereocenters. The molecule has 0 bridgehead atoms. The lowest BCUT2D eigenvalue weighted by Crippen LogP contribution is -2.44. The van der Waals surface area contributed by atoms with Crippen LogP contribution in [0.15, 0.2) is 28.1 Å². The third kappa shape index (κ3) is 9.72. The van der Waals surface area contributed by atoms with Crippen LogP contribution in [0.1, 0.15) is 38.8 Å². The van der Waals surface area contributed by atoms with E-state index < -0.39 is 9.84 Å². The van der Waals surface area contributed by atoms with Gasteiger partial charge in [0.15, 0.2) is 15.8 Å². The van der Waals surface area contributed by atoms with Gasteiger partial charge in [-0.15, -0.1) is 24.0 Å². The Kier molecular flexibility index (Phi) is 10.7. The van der Waals surface area contributed by atoms with Crippen molar-refractivity contribution in [2.24, 2.45) is 4.99 Å². The Morgan fingerprint density at radius 3 is 2.31 bits per heavy atom. The summed E-state index contributed by atoms with van der Waals surface area (Å²) in [4.78, 5) is 4.94. The Balaban J connectivity index is 0.00000625. The Morgan fingerprint density at radius 1 is 1.15 bits per heavy atom. The molecule has 1 aromatic carbocycles.